The largest absolute Gasteiger partial charge is 0.756 e. The summed E-state index contributed by atoms with van der Waals surface area (Å²) in [4.78, 5) is 25.5. The number of carbonyl (C=O) groups is 1. The normalized spacial score (nSPS) is 14.1. The van der Waals surface area contributed by atoms with Gasteiger partial charge in [-0.1, -0.05) is 250 Å². The number of phosphoric ester groups is 1. The number of quaternary nitrogens is 1. The Morgan fingerprint density at radius 2 is 0.846 bits per heavy atom. The molecule has 0 saturated carbocycles. The van der Waals surface area contributed by atoms with Crippen molar-refractivity contribution in [3.8, 4) is 0 Å². The van der Waals surface area contributed by atoms with Gasteiger partial charge in [-0.05, 0) is 44.9 Å². The minimum Gasteiger partial charge on any atom is -0.756 e. The lowest BCUT2D eigenvalue weighted by molar-refractivity contribution is -0.870. The quantitative estimate of drug-likeness (QED) is 0.0272. The molecule has 0 bridgehead atoms. The van der Waals surface area contributed by atoms with Crippen molar-refractivity contribution in [1.29, 1.82) is 0 Å². The molecule has 0 aromatic rings. The zero-order chi connectivity index (χ0) is 47.8. The molecule has 0 aromatic heterocycles. The summed E-state index contributed by atoms with van der Waals surface area (Å²) in [6.07, 6.45) is 59.6. The maximum Gasteiger partial charge on any atom is 0.268 e. The Hall–Kier alpha value is -1.02. The van der Waals surface area contributed by atoms with E-state index in [1.54, 1.807) is 6.08 Å². The standard InChI is InChI=1S/C56H111N2O6P/c1-6-8-10-12-14-16-18-20-22-24-26-27-28-29-30-32-34-36-38-40-42-44-46-48-50-56(60)57-54(53-64-65(61,62)63-52-51-58(3,4)5)55(59)49-47-45-43-41-39-37-35-33-31-25-23-21-19-17-15-13-11-9-7-2/h29-30,47,49,54-55,59H,6-28,31-46,48,50-53H2,1-5H3,(H-,57,60,61,62)/b30-29-,49-47+. The lowest BCUT2D eigenvalue weighted by Crippen LogP contribution is -2.45. The molecule has 9 heteroatoms. The first-order valence-corrected chi connectivity index (χ1v) is 29.7. The highest BCUT2D eigenvalue weighted by Crippen LogP contribution is 2.38. The molecule has 0 aliphatic heterocycles. The number of aliphatic hydroxyl groups is 1. The average molecular weight is 939 g/mol. The summed E-state index contributed by atoms with van der Waals surface area (Å²) in [5, 5.41) is 13.9. The third kappa shape index (κ3) is 50.7. The van der Waals surface area contributed by atoms with Gasteiger partial charge in [0.05, 0.1) is 39.9 Å². The molecular weight excluding hydrogens is 828 g/mol. The summed E-state index contributed by atoms with van der Waals surface area (Å²) < 4.78 is 23.3. The second-order valence-electron chi connectivity index (χ2n) is 20.6. The van der Waals surface area contributed by atoms with E-state index in [0.717, 1.165) is 38.5 Å². The number of hydrogen-bond donors (Lipinski definition) is 2. The minimum absolute atomic E-state index is 0.0000248. The van der Waals surface area contributed by atoms with E-state index in [-0.39, 0.29) is 19.1 Å². The third-order valence-corrected chi connectivity index (χ3v) is 13.9. The van der Waals surface area contributed by atoms with Crippen molar-refractivity contribution in [3.05, 3.63) is 24.3 Å². The van der Waals surface area contributed by atoms with E-state index in [9.17, 15) is 19.4 Å². The minimum atomic E-state index is -4.59. The summed E-state index contributed by atoms with van der Waals surface area (Å²) in [7, 11) is 1.27. The predicted molar refractivity (Wildman–Crippen MR) is 279 cm³/mol. The van der Waals surface area contributed by atoms with E-state index in [1.807, 2.05) is 27.2 Å². The lowest BCUT2D eigenvalue weighted by Gasteiger charge is -2.29. The summed E-state index contributed by atoms with van der Waals surface area (Å²) in [5.74, 6) is -0.197. The summed E-state index contributed by atoms with van der Waals surface area (Å²) >= 11 is 0. The molecule has 0 aromatic carbocycles. The summed E-state index contributed by atoms with van der Waals surface area (Å²) in [5.41, 5.74) is 0. The fraction of sp³-hybridized carbons (Fsp3) is 0.911. The van der Waals surface area contributed by atoms with Crippen LogP contribution in [0, 0.1) is 0 Å². The topological polar surface area (TPSA) is 108 Å². The molecule has 0 radical (unpaired) electrons. The van der Waals surface area contributed by atoms with Crippen molar-refractivity contribution >= 4 is 13.7 Å². The molecule has 65 heavy (non-hydrogen) atoms. The highest BCUT2D eigenvalue weighted by atomic mass is 31.2. The van der Waals surface area contributed by atoms with E-state index < -0.39 is 20.0 Å². The molecule has 0 spiro atoms. The number of phosphoric acid groups is 1. The van der Waals surface area contributed by atoms with Crippen LogP contribution in [0.1, 0.15) is 277 Å². The number of nitrogens with zero attached hydrogens (tertiary/aromatic N) is 1. The third-order valence-electron chi connectivity index (χ3n) is 12.9. The number of carbonyl (C=O) groups excluding carboxylic acids is 1. The first kappa shape index (κ1) is 64.0. The molecule has 2 N–H and O–H groups in total. The fourth-order valence-corrected chi connectivity index (χ4v) is 9.17. The van der Waals surface area contributed by atoms with E-state index >= 15 is 0 Å². The highest BCUT2D eigenvalue weighted by Gasteiger charge is 2.23. The first-order chi connectivity index (χ1) is 31.5. The fourth-order valence-electron chi connectivity index (χ4n) is 8.44. The number of amides is 1. The average Bonchev–Trinajstić information content (AvgIpc) is 3.26. The van der Waals surface area contributed by atoms with E-state index in [4.69, 9.17) is 9.05 Å². The second-order valence-corrected chi connectivity index (χ2v) is 22.1. The van der Waals surface area contributed by atoms with E-state index in [1.165, 1.54) is 218 Å². The molecule has 3 unspecified atom stereocenters. The Balaban J connectivity index is 4.22. The van der Waals surface area contributed by atoms with Crippen LogP contribution in [0.15, 0.2) is 24.3 Å². The van der Waals surface area contributed by atoms with Crippen LogP contribution < -0.4 is 10.2 Å². The molecule has 0 aliphatic carbocycles. The Kier molecular flexibility index (Phi) is 47.3. The number of rotatable bonds is 52. The predicted octanol–water partition coefficient (Wildman–Crippen LogP) is 16.2. The molecule has 0 heterocycles. The lowest BCUT2D eigenvalue weighted by atomic mass is 10.0. The number of hydrogen-bond acceptors (Lipinski definition) is 6. The van der Waals surface area contributed by atoms with Crippen LogP contribution >= 0.6 is 7.82 Å². The van der Waals surface area contributed by atoms with Crippen molar-refractivity contribution in [2.45, 2.75) is 289 Å². The van der Waals surface area contributed by atoms with Crippen LogP contribution in [-0.4, -0.2) is 68.5 Å². The van der Waals surface area contributed by atoms with Gasteiger partial charge in [0.25, 0.3) is 7.82 Å². The first-order valence-electron chi connectivity index (χ1n) is 28.2. The summed E-state index contributed by atoms with van der Waals surface area (Å²) in [6.45, 7) is 4.69. The zero-order valence-electron chi connectivity index (χ0n) is 44.0. The zero-order valence-corrected chi connectivity index (χ0v) is 44.9. The van der Waals surface area contributed by atoms with E-state index in [2.05, 4.69) is 31.3 Å². The highest BCUT2D eigenvalue weighted by molar-refractivity contribution is 7.45. The Bertz CT molecular complexity index is 1110. The number of unbranched alkanes of at least 4 members (excludes halogenated alkanes) is 37. The number of aliphatic hydroxyl groups excluding tert-OH is 1. The number of likely N-dealkylation sites (N-methyl/N-ethyl adjacent to an activating group) is 1. The van der Waals surface area contributed by atoms with Crippen molar-refractivity contribution in [1.82, 2.24) is 5.32 Å². The molecule has 0 aliphatic rings. The molecule has 3 atom stereocenters. The van der Waals surface area contributed by atoms with Gasteiger partial charge in [-0.25, -0.2) is 0 Å². The van der Waals surface area contributed by atoms with Gasteiger partial charge in [-0.15, -0.1) is 0 Å². The van der Waals surface area contributed by atoms with Gasteiger partial charge in [-0.2, -0.15) is 0 Å². The van der Waals surface area contributed by atoms with Crippen molar-refractivity contribution < 1.29 is 32.9 Å². The Morgan fingerprint density at radius 1 is 0.523 bits per heavy atom. The SMILES string of the molecule is CCCCCCCCCCCCCC/C=C\CCCCCCCCCCC(=O)NC(COP(=O)([O-])OCC[N+](C)(C)C)C(O)/C=C/CCCCCCCCCCCCCCCCCCC. The Morgan fingerprint density at radius 3 is 1.20 bits per heavy atom. The van der Waals surface area contributed by atoms with Gasteiger partial charge in [0, 0.05) is 6.42 Å². The molecule has 1 amide bonds. The molecule has 8 nitrogen and oxygen atoms in total. The molecule has 0 fully saturated rings. The van der Waals surface area contributed by atoms with Crippen LogP contribution in [0.4, 0.5) is 0 Å². The van der Waals surface area contributed by atoms with E-state index in [0.29, 0.717) is 17.4 Å². The van der Waals surface area contributed by atoms with Crippen LogP contribution in [-0.2, 0) is 18.4 Å². The Labute approximate surface area is 404 Å². The molecule has 0 saturated heterocycles. The number of allylic oxidation sites excluding steroid dienone is 3. The number of nitrogens with one attached hydrogen (secondary N) is 1. The molecular formula is C56H111N2O6P. The van der Waals surface area contributed by atoms with Crippen molar-refractivity contribution in [2.75, 3.05) is 40.9 Å². The van der Waals surface area contributed by atoms with Gasteiger partial charge in [0.2, 0.25) is 5.91 Å². The maximum absolute atomic E-state index is 13.0. The molecule has 0 rings (SSSR count). The second kappa shape index (κ2) is 48.0. The molecule has 386 valence electrons. The van der Waals surface area contributed by atoms with Crippen molar-refractivity contribution in [3.63, 3.8) is 0 Å². The van der Waals surface area contributed by atoms with Gasteiger partial charge in [0.15, 0.2) is 0 Å². The smallest absolute Gasteiger partial charge is 0.268 e. The van der Waals surface area contributed by atoms with Crippen LogP contribution in [0.3, 0.4) is 0 Å². The van der Waals surface area contributed by atoms with Gasteiger partial charge in [-0.3, -0.25) is 9.36 Å². The van der Waals surface area contributed by atoms with Crippen molar-refractivity contribution in [2.24, 2.45) is 0 Å². The monoisotopic (exact) mass is 939 g/mol. The van der Waals surface area contributed by atoms with Crippen LogP contribution in [0.5, 0.6) is 0 Å². The van der Waals surface area contributed by atoms with Gasteiger partial charge < -0.3 is 28.8 Å². The maximum atomic E-state index is 13.0. The van der Waals surface area contributed by atoms with Crippen LogP contribution in [0.25, 0.3) is 0 Å². The van der Waals surface area contributed by atoms with Gasteiger partial charge in [0.1, 0.15) is 13.2 Å². The van der Waals surface area contributed by atoms with Crippen LogP contribution in [0.2, 0.25) is 0 Å². The summed E-state index contributed by atoms with van der Waals surface area (Å²) in [6, 6.07) is -0.886. The van der Waals surface area contributed by atoms with Gasteiger partial charge >= 0.3 is 0 Å².